The lowest BCUT2D eigenvalue weighted by molar-refractivity contribution is -0.244. The van der Waals surface area contributed by atoms with Crippen LogP contribution in [0.3, 0.4) is 0 Å². The van der Waals surface area contributed by atoms with Crippen LogP contribution in [0.4, 0.5) is 4.39 Å². The molecule has 4 rings (SSSR count). The second-order valence-corrected chi connectivity index (χ2v) is 10.7. The summed E-state index contributed by atoms with van der Waals surface area (Å²) in [6.45, 7) is 4.41. The normalized spacial score (nSPS) is 44.4. The number of hydrogen-bond donors (Lipinski definition) is 1. The van der Waals surface area contributed by atoms with Crippen molar-refractivity contribution in [3.63, 3.8) is 0 Å². The SMILES string of the molecule is COCO[C@]1(C(=O)COC(C)=O)CC[C@H]2[C@@H]3CCC4=CC(=O)CC[C@]4(C)[C@@]3(F)[C@@H](O)C[C@@]21C. The van der Waals surface area contributed by atoms with E-state index in [0.29, 0.717) is 32.1 Å². The van der Waals surface area contributed by atoms with E-state index in [-0.39, 0.29) is 37.1 Å². The van der Waals surface area contributed by atoms with Gasteiger partial charge in [0.2, 0.25) is 5.78 Å². The van der Waals surface area contributed by atoms with Crippen LogP contribution >= 0.6 is 0 Å². The lowest BCUT2D eigenvalue weighted by Gasteiger charge is -2.63. The third-order valence-corrected chi connectivity index (χ3v) is 9.44. The number of carbonyl (C=O) groups is 3. The Balaban J connectivity index is 1.74. The van der Waals surface area contributed by atoms with E-state index in [1.165, 1.54) is 14.0 Å². The fourth-order valence-electron chi connectivity index (χ4n) is 7.78. The van der Waals surface area contributed by atoms with Crippen LogP contribution in [0, 0.1) is 22.7 Å². The van der Waals surface area contributed by atoms with Gasteiger partial charge in [0, 0.05) is 37.2 Å². The van der Waals surface area contributed by atoms with Crippen molar-refractivity contribution in [2.75, 3.05) is 20.5 Å². The van der Waals surface area contributed by atoms with Crippen LogP contribution in [0.1, 0.15) is 65.7 Å². The maximum atomic E-state index is 17.2. The predicted octanol–water partition coefficient (Wildman–Crippen LogP) is 3.07. The minimum Gasteiger partial charge on any atom is -0.458 e. The van der Waals surface area contributed by atoms with Crippen LogP contribution in [-0.4, -0.2) is 60.5 Å². The molecule has 0 spiro atoms. The Morgan fingerprint density at radius 2 is 1.91 bits per heavy atom. The van der Waals surface area contributed by atoms with E-state index in [1.807, 2.05) is 13.8 Å². The number of halogens is 1. The fourth-order valence-corrected chi connectivity index (χ4v) is 7.78. The molecule has 4 aliphatic carbocycles. The number of alkyl halides is 1. The summed E-state index contributed by atoms with van der Waals surface area (Å²) in [5.74, 6) is -1.62. The number of rotatable bonds is 6. The number of fused-ring (bicyclic) bond motifs is 5. The van der Waals surface area contributed by atoms with Gasteiger partial charge in [-0.05, 0) is 50.5 Å². The van der Waals surface area contributed by atoms with Crippen molar-refractivity contribution < 1.29 is 38.1 Å². The highest BCUT2D eigenvalue weighted by molar-refractivity contribution is 5.92. The van der Waals surface area contributed by atoms with Crippen LogP contribution in [0.25, 0.3) is 0 Å². The van der Waals surface area contributed by atoms with Gasteiger partial charge in [0.1, 0.15) is 18.1 Å². The average molecular weight is 467 g/mol. The summed E-state index contributed by atoms with van der Waals surface area (Å²) in [6, 6.07) is 0. The van der Waals surface area contributed by atoms with E-state index in [9.17, 15) is 19.5 Å². The number of hydrogen-bond acceptors (Lipinski definition) is 7. The lowest BCUT2D eigenvalue weighted by Crippen LogP contribution is -2.70. The molecule has 33 heavy (non-hydrogen) atoms. The zero-order chi connectivity index (χ0) is 24.2. The molecule has 0 unspecified atom stereocenters. The summed E-state index contributed by atoms with van der Waals surface area (Å²) >= 11 is 0. The van der Waals surface area contributed by atoms with Crippen LogP contribution in [0.2, 0.25) is 0 Å². The summed E-state index contributed by atoms with van der Waals surface area (Å²) in [7, 11) is 1.46. The molecule has 7 nitrogen and oxygen atoms in total. The monoisotopic (exact) mass is 466 g/mol. The molecule has 0 aromatic carbocycles. The third-order valence-electron chi connectivity index (χ3n) is 9.44. The summed E-state index contributed by atoms with van der Waals surface area (Å²) in [4.78, 5) is 36.8. The van der Waals surface area contributed by atoms with Crippen molar-refractivity contribution >= 4 is 17.5 Å². The van der Waals surface area contributed by atoms with Gasteiger partial charge in [-0.1, -0.05) is 19.4 Å². The van der Waals surface area contributed by atoms with Crippen LogP contribution < -0.4 is 0 Å². The van der Waals surface area contributed by atoms with Crippen molar-refractivity contribution in [2.45, 2.75) is 83.1 Å². The number of allylic oxidation sites excluding steroid dienone is 1. The number of aliphatic hydroxyl groups excluding tert-OH is 1. The summed E-state index contributed by atoms with van der Waals surface area (Å²) in [5.41, 5.74) is -4.20. The molecule has 0 amide bonds. The minimum absolute atomic E-state index is 0.0172. The van der Waals surface area contributed by atoms with Crippen molar-refractivity contribution in [2.24, 2.45) is 22.7 Å². The van der Waals surface area contributed by atoms with Gasteiger partial charge in [-0.15, -0.1) is 0 Å². The van der Waals surface area contributed by atoms with Gasteiger partial charge in [0.15, 0.2) is 12.4 Å². The Kier molecular flexibility index (Phi) is 6.11. The molecule has 1 N–H and O–H groups in total. The van der Waals surface area contributed by atoms with Gasteiger partial charge in [-0.2, -0.15) is 0 Å². The largest absolute Gasteiger partial charge is 0.458 e. The Labute approximate surface area is 194 Å². The van der Waals surface area contributed by atoms with Gasteiger partial charge in [-0.25, -0.2) is 4.39 Å². The second-order valence-electron chi connectivity index (χ2n) is 10.7. The van der Waals surface area contributed by atoms with Crippen molar-refractivity contribution in [3.8, 4) is 0 Å². The average Bonchev–Trinajstić information content (AvgIpc) is 3.05. The summed E-state index contributed by atoms with van der Waals surface area (Å²) in [6.07, 6.45) is 2.96. The van der Waals surface area contributed by atoms with Crippen LogP contribution in [0.15, 0.2) is 11.6 Å². The zero-order valence-corrected chi connectivity index (χ0v) is 19.9. The van der Waals surface area contributed by atoms with E-state index >= 15 is 4.39 Å². The first-order valence-electron chi connectivity index (χ1n) is 11.9. The summed E-state index contributed by atoms with van der Waals surface area (Å²) in [5, 5.41) is 11.4. The summed E-state index contributed by atoms with van der Waals surface area (Å²) < 4.78 is 33.4. The number of Topliss-reactive ketones (excluding diaryl/α,β-unsaturated/α-hetero) is 1. The quantitative estimate of drug-likeness (QED) is 0.474. The Morgan fingerprint density at radius 3 is 2.58 bits per heavy atom. The standard InChI is InChI=1S/C25H35FO7/c1-15(27)32-13-21(30)24(33-14-31-4)10-8-18-19-6-5-16-11-17(28)7-9-22(16,2)25(19,26)20(29)12-23(18,24)3/h11,18-20,29H,5-10,12-14H2,1-4H3/t18-,19-,20-,22-,23-,24-,25-/m0/s1. The minimum atomic E-state index is -1.89. The van der Waals surface area contributed by atoms with Gasteiger partial charge in [0.05, 0.1) is 6.10 Å². The number of methoxy groups -OCH3 is 1. The molecule has 7 atom stereocenters. The molecule has 4 aliphatic rings. The smallest absolute Gasteiger partial charge is 0.303 e. The van der Waals surface area contributed by atoms with Gasteiger partial charge in [0.25, 0.3) is 0 Å². The maximum Gasteiger partial charge on any atom is 0.303 e. The molecule has 3 saturated carbocycles. The molecule has 0 saturated heterocycles. The molecular weight excluding hydrogens is 431 g/mol. The Hall–Kier alpha value is -1.64. The van der Waals surface area contributed by atoms with E-state index < -0.39 is 46.7 Å². The highest BCUT2D eigenvalue weighted by Gasteiger charge is 2.75. The Morgan fingerprint density at radius 1 is 1.18 bits per heavy atom. The van der Waals surface area contributed by atoms with Gasteiger partial charge >= 0.3 is 5.97 Å². The Bertz CT molecular complexity index is 886. The first kappa shape index (κ1) is 24.5. The molecule has 0 aliphatic heterocycles. The lowest BCUT2D eigenvalue weighted by atomic mass is 9.44. The molecule has 0 radical (unpaired) electrons. The molecule has 3 fully saturated rings. The van der Waals surface area contributed by atoms with E-state index in [0.717, 1.165) is 5.57 Å². The highest BCUT2D eigenvalue weighted by atomic mass is 19.1. The molecular formula is C25H35FO7. The zero-order valence-electron chi connectivity index (χ0n) is 19.9. The third kappa shape index (κ3) is 3.27. The number of ether oxygens (including phenoxy) is 3. The first-order chi connectivity index (χ1) is 15.5. The van der Waals surface area contributed by atoms with Gasteiger partial charge < -0.3 is 19.3 Å². The van der Waals surface area contributed by atoms with E-state index in [4.69, 9.17) is 14.2 Å². The van der Waals surface area contributed by atoms with Crippen molar-refractivity contribution in [3.05, 3.63) is 11.6 Å². The molecule has 0 aromatic heterocycles. The number of ketones is 2. The van der Waals surface area contributed by atoms with Crippen LogP contribution in [-0.2, 0) is 28.6 Å². The van der Waals surface area contributed by atoms with Crippen molar-refractivity contribution in [1.82, 2.24) is 0 Å². The van der Waals surface area contributed by atoms with Gasteiger partial charge in [-0.3, -0.25) is 14.4 Å². The fraction of sp³-hybridized carbons (Fsp3) is 0.800. The topological polar surface area (TPSA) is 99.1 Å². The van der Waals surface area contributed by atoms with E-state index in [2.05, 4.69) is 0 Å². The molecule has 0 bridgehead atoms. The first-order valence-corrected chi connectivity index (χ1v) is 11.9. The van der Waals surface area contributed by atoms with Crippen LogP contribution in [0.5, 0.6) is 0 Å². The maximum absolute atomic E-state index is 17.2. The number of carbonyl (C=O) groups excluding carboxylic acids is 3. The molecule has 184 valence electrons. The predicted molar refractivity (Wildman–Crippen MR) is 116 cm³/mol. The van der Waals surface area contributed by atoms with Crippen molar-refractivity contribution in [1.29, 1.82) is 0 Å². The molecule has 8 heteroatoms. The van der Waals surface area contributed by atoms with E-state index in [1.54, 1.807) is 6.08 Å². The molecule has 0 heterocycles. The molecule has 0 aromatic rings. The number of esters is 1. The number of aliphatic hydroxyl groups is 1. The highest BCUT2D eigenvalue weighted by Crippen LogP contribution is 2.70. The second kappa shape index (κ2) is 8.24.